The maximum atomic E-state index is 6.26. The van der Waals surface area contributed by atoms with Crippen LogP contribution in [-0.2, 0) is 4.74 Å². The third-order valence-corrected chi connectivity index (χ3v) is 6.67. The molecule has 4 aliphatic rings. The van der Waals surface area contributed by atoms with Gasteiger partial charge in [0, 0.05) is 6.04 Å². The highest BCUT2D eigenvalue weighted by atomic mass is 16.5. The van der Waals surface area contributed by atoms with E-state index in [1.807, 2.05) is 0 Å². The third kappa shape index (κ3) is 2.66. The molecule has 0 saturated heterocycles. The summed E-state index contributed by atoms with van der Waals surface area (Å²) < 4.78 is 6.26. The first-order chi connectivity index (χ1) is 9.46. The van der Waals surface area contributed by atoms with E-state index >= 15 is 0 Å². The fourth-order valence-corrected chi connectivity index (χ4v) is 5.58. The van der Waals surface area contributed by atoms with Gasteiger partial charge in [0.15, 0.2) is 0 Å². The minimum Gasteiger partial charge on any atom is -0.374 e. The Kier molecular flexibility index (Phi) is 3.92. The molecule has 0 aromatic rings. The minimum atomic E-state index is 0.0252. The average molecular weight is 279 g/mol. The summed E-state index contributed by atoms with van der Waals surface area (Å²) in [5, 5.41) is 3.63. The van der Waals surface area contributed by atoms with Crippen molar-refractivity contribution >= 4 is 0 Å². The van der Waals surface area contributed by atoms with Crippen molar-refractivity contribution in [3.8, 4) is 0 Å². The lowest BCUT2D eigenvalue weighted by molar-refractivity contribution is -0.107. The van der Waals surface area contributed by atoms with Gasteiger partial charge >= 0.3 is 0 Å². The van der Waals surface area contributed by atoms with Gasteiger partial charge in [0.1, 0.15) is 0 Å². The molecule has 4 bridgehead atoms. The molecule has 2 heteroatoms. The molecule has 4 rings (SSSR count). The van der Waals surface area contributed by atoms with Crippen LogP contribution in [0.1, 0.15) is 65.7 Å². The van der Waals surface area contributed by atoms with Crippen LogP contribution in [0.4, 0.5) is 0 Å². The molecule has 0 radical (unpaired) electrons. The van der Waals surface area contributed by atoms with Gasteiger partial charge in [0.05, 0.1) is 12.2 Å². The van der Waals surface area contributed by atoms with Crippen molar-refractivity contribution in [3.63, 3.8) is 0 Å². The number of hydrogen-bond acceptors (Lipinski definition) is 2. The second kappa shape index (κ2) is 5.28. The Hall–Kier alpha value is -0.0800. The van der Waals surface area contributed by atoms with Crippen LogP contribution in [0, 0.1) is 23.2 Å². The summed E-state index contributed by atoms with van der Waals surface area (Å²) in [7, 11) is 2.14. The molecule has 1 atom stereocenters. The van der Waals surface area contributed by atoms with E-state index in [0.717, 1.165) is 30.8 Å². The highest BCUT2D eigenvalue weighted by molar-refractivity contribution is 5.06. The van der Waals surface area contributed by atoms with Gasteiger partial charge in [-0.3, -0.25) is 0 Å². The van der Waals surface area contributed by atoms with Gasteiger partial charge in [-0.05, 0) is 89.0 Å². The lowest BCUT2D eigenvalue weighted by Crippen LogP contribution is -2.57. The number of nitrogens with one attached hydrogen (secondary N) is 1. The smallest absolute Gasteiger partial charge is 0.0632 e. The molecule has 0 aromatic carbocycles. The molecule has 0 amide bonds. The number of rotatable bonds is 6. The maximum absolute atomic E-state index is 6.26. The maximum Gasteiger partial charge on any atom is 0.0632 e. The largest absolute Gasteiger partial charge is 0.374 e. The number of ether oxygens (including phenoxy) is 1. The molecule has 2 nitrogen and oxygen atoms in total. The molecule has 4 aliphatic carbocycles. The summed E-state index contributed by atoms with van der Waals surface area (Å²) in [6.07, 6.45) is 10.0. The molecule has 0 heterocycles. The third-order valence-electron chi connectivity index (χ3n) is 6.67. The van der Waals surface area contributed by atoms with E-state index in [0.29, 0.717) is 11.5 Å². The van der Waals surface area contributed by atoms with E-state index in [1.54, 1.807) is 0 Å². The van der Waals surface area contributed by atoms with Gasteiger partial charge in [0.25, 0.3) is 0 Å². The molecular weight excluding hydrogens is 246 g/mol. The molecule has 116 valence electrons. The summed E-state index contributed by atoms with van der Waals surface area (Å²) in [5.74, 6) is 3.07. The Labute approximate surface area is 125 Å². The van der Waals surface area contributed by atoms with Crippen LogP contribution < -0.4 is 5.32 Å². The van der Waals surface area contributed by atoms with Crippen molar-refractivity contribution in [2.75, 3.05) is 13.7 Å². The Morgan fingerprint density at radius 3 is 2.00 bits per heavy atom. The summed E-state index contributed by atoms with van der Waals surface area (Å²) in [6, 6.07) is 0.557. The van der Waals surface area contributed by atoms with Crippen LogP contribution in [-0.4, -0.2) is 25.3 Å². The lowest BCUT2D eigenvalue weighted by atomic mass is 9.48. The van der Waals surface area contributed by atoms with Crippen molar-refractivity contribution in [2.24, 2.45) is 23.2 Å². The van der Waals surface area contributed by atoms with Gasteiger partial charge in [-0.25, -0.2) is 0 Å². The van der Waals surface area contributed by atoms with Crippen LogP contribution in [0.15, 0.2) is 0 Å². The normalized spacial score (nSPS) is 41.1. The first-order valence-electron chi connectivity index (χ1n) is 8.77. The average Bonchev–Trinajstić information content (AvgIpc) is 2.37. The van der Waals surface area contributed by atoms with Gasteiger partial charge < -0.3 is 10.1 Å². The fourth-order valence-electron chi connectivity index (χ4n) is 5.58. The van der Waals surface area contributed by atoms with E-state index in [9.17, 15) is 0 Å². The molecule has 0 spiro atoms. The SMILES string of the molecule is CCC(C)(C)OCC(NC)C12CC3CC(CC(C3)C1)C2. The van der Waals surface area contributed by atoms with E-state index in [1.165, 1.54) is 38.5 Å². The van der Waals surface area contributed by atoms with E-state index < -0.39 is 0 Å². The van der Waals surface area contributed by atoms with Crippen molar-refractivity contribution in [1.82, 2.24) is 5.32 Å². The number of likely N-dealkylation sites (N-methyl/N-ethyl adjacent to an activating group) is 1. The van der Waals surface area contributed by atoms with E-state index in [-0.39, 0.29) is 5.60 Å². The Morgan fingerprint density at radius 1 is 1.10 bits per heavy atom. The monoisotopic (exact) mass is 279 g/mol. The predicted octanol–water partition coefficient (Wildman–Crippen LogP) is 4.00. The number of hydrogen-bond donors (Lipinski definition) is 1. The first kappa shape index (κ1) is 14.8. The zero-order chi connectivity index (χ0) is 14.4. The van der Waals surface area contributed by atoms with Crippen molar-refractivity contribution in [1.29, 1.82) is 0 Å². The molecule has 1 unspecified atom stereocenters. The summed E-state index contributed by atoms with van der Waals surface area (Å²) >= 11 is 0. The topological polar surface area (TPSA) is 21.3 Å². The fraction of sp³-hybridized carbons (Fsp3) is 1.00. The summed E-state index contributed by atoms with van der Waals surface area (Å²) in [5.41, 5.74) is 0.574. The van der Waals surface area contributed by atoms with Crippen LogP contribution in [0.5, 0.6) is 0 Å². The predicted molar refractivity (Wildman–Crippen MR) is 83.8 cm³/mol. The highest BCUT2D eigenvalue weighted by Crippen LogP contribution is 2.61. The van der Waals surface area contributed by atoms with Crippen molar-refractivity contribution in [2.45, 2.75) is 77.4 Å². The Balaban J connectivity index is 1.69. The van der Waals surface area contributed by atoms with E-state index in [2.05, 4.69) is 33.1 Å². The quantitative estimate of drug-likeness (QED) is 0.793. The summed E-state index contributed by atoms with van der Waals surface area (Å²) in [4.78, 5) is 0. The molecule has 0 aliphatic heterocycles. The van der Waals surface area contributed by atoms with Gasteiger partial charge in [-0.1, -0.05) is 6.92 Å². The van der Waals surface area contributed by atoms with Crippen LogP contribution in [0.2, 0.25) is 0 Å². The van der Waals surface area contributed by atoms with E-state index in [4.69, 9.17) is 4.74 Å². The molecule has 0 aromatic heterocycles. The Bertz CT molecular complexity index is 314. The summed E-state index contributed by atoms with van der Waals surface area (Å²) in [6.45, 7) is 7.56. The van der Waals surface area contributed by atoms with Crippen LogP contribution >= 0.6 is 0 Å². The molecule has 20 heavy (non-hydrogen) atoms. The standard InChI is InChI=1S/C18H33NO/c1-5-17(2,3)20-12-16(19-4)18-9-13-6-14(10-18)8-15(7-13)11-18/h13-16,19H,5-12H2,1-4H3. The van der Waals surface area contributed by atoms with Crippen molar-refractivity contribution < 1.29 is 4.74 Å². The van der Waals surface area contributed by atoms with Crippen molar-refractivity contribution in [3.05, 3.63) is 0 Å². The molecule has 1 N–H and O–H groups in total. The molecular formula is C18H33NO. The highest BCUT2D eigenvalue weighted by Gasteiger charge is 2.53. The zero-order valence-corrected chi connectivity index (χ0v) is 13.9. The first-order valence-corrected chi connectivity index (χ1v) is 8.77. The van der Waals surface area contributed by atoms with Crippen LogP contribution in [0.25, 0.3) is 0 Å². The Morgan fingerprint density at radius 2 is 1.60 bits per heavy atom. The molecule has 4 fully saturated rings. The zero-order valence-electron chi connectivity index (χ0n) is 13.9. The van der Waals surface area contributed by atoms with Gasteiger partial charge in [0.2, 0.25) is 0 Å². The minimum absolute atomic E-state index is 0.0252. The second-order valence-corrected chi connectivity index (χ2v) is 8.55. The van der Waals surface area contributed by atoms with Crippen LogP contribution in [0.3, 0.4) is 0 Å². The lowest BCUT2D eigenvalue weighted by Gasteiger charge is -2.59. The second-order valence-electron chi connectivity index (χ2n) is 8.55. The molecule has 4 saturated carbocycles. The van der Waals surface area contributed by atoms with Gasteiger partial charge in [-0.2, -0.15) is 0 Å². The van der Waals surface area contributed by atoms with Gasteiger partial charge in [-0.15, -0.1) is 0 Å².